The number of carbonyl (C=O) groups is 2. The van der Waals surface area contributed by atoms with Crippen LogP contribution in [-0.2, 0) is 14.3 Å². The summed E-state index contributed by atoms with van der Waals surface area (Å²) < 4.78 is 25.8. The highest BCUT2D eigenvalue weighted by Gasteiger charge is 2.43. The number of aliphatic hydroxyl groups is 2. The first kappa shape index (κ1) is 23.7. The second kappa shape index (κ2) is 10.6. The van der Waals surface area contributed by atoms with Gasteiger partial charge in [-0.1, -0.05) is 6.42 Å². The van der Waals surface area contributed by atoms with Crippen molar-refractivity contribution in [2.24, 2.45) is 11.8 Å². The summed E-state index contributed by atoms with van der Waals surface area (Å²) in [6.45, 7) is 3.04. The van der Waals surface area contributed by atoms with Gasteiger partial charge in [-0.25, -0.2) is 9.18 Å². The molecule has 4 aliphatic rings. The van der Waals surface area contributed by atoms with Crippen LogP contribution in [0.15, 0.2) is 0 Å². The fourth-order valence-electron chi connectivity index (χ4n) is 5.79. The Morgan fingerprint density at radius 2 is 1.97 bits per heavy atom. The van der Waals surface area contributed by atoms with Gasteiger partial charge in [-0.2, -0.15) is 0 Å². The minimum absolute atomic E-state index is 0.117. The molecule has 4 fully saturated rings. The van der Waals surface area contributed by atoms with Gasteiger partial charge in [-0.15, -0.1) is 0 Å². The molecule has 2 aliphatic heterocycles. The fraction of sp³-hybridized carbons (Fsp3) is 0.909. The van der Waals surface area contributed by atoms with Crippen molar-refractivity contribution >= 4 is 12.0 Å². The molecular formula is C22H36FN3O6. The number of hydrogen-bond donors (Lipinski definition) is 3. The van der Waals surface area contributed by atoms with Gasteiger partial charge >= 0.3 is 6.09 Å². The minimum atomic E-state index is -0.994. The lowest BCUT2D eigenvalue weighted by Gasteiger charge is -2.42. The van der Waals surface area contributed by atoms with E-state index in [0.717, 1.165) is 25.9 Å². The average Bonchev–Trinajstić information content (AvgIpc) is 3.18. The van der Waals surface area contributed by atoms with Crippen molar-refractivity contribution < 1.29 is 33.7 Å². The van der Waals surface area contributed by atoms with Crippen LogP contribution in [0.1, 0.15) is 38.5 Å². The highest BCUT2D eigenvalue weighted by Crippen LogP contribution is 2.32. The van der Waals surface area contributed by atoms with Crippen LogP contribution in [0.2, 0.25) is 0 Å². The van der Waals surface area contributed by atoms with Crippen molar-refractivity contribution in [3.05, 3.63) is 0 Å². The number of morpholine rings is 1. The normalized spacial score (nSPS) is 39.0. The molecule has 0 aromatic carbocycles. The van der Waals surface area contributed by atoms with Crippen LogP contribution >= 0.6 is 0 Å². The Balaban J connectivity index is 1.25. The van der Waals surface area contributed by atoms with Crippen molar-refractivity contribution in [1.29, 1.82) is 0 Å². The predicted molar refractivity (Wildman–Crippen MR) is 113 cm³/mol. The molecule has 6 unspecified atom stereocenters. The zero-order valence-corrected chi connectivity index (χ0v) is 18.5. The van der Waals surface area contributed by atoms with Gasteiger partial charge in [0, 0.05) is 50.0 Å². The van der Waals surface area contributed by atoms with Crippen LogP contribution < -0.4 is 5.32 Å². The van der Waals surface area contributed by atoms with E-state index >= 15 is 0 Å². The zero-order valence-electron chi connectivity index (χ0n) is 18.5. The topological polar surface area (TPSA) is 112 Å². The SMILES string of the molecule is O=C(NC[C@H]1CN(C2CCC(N3CCOCC3)C(F)C2)C(=O)O1)C1CCCC(O)C1CO. The summed E-state index contributed by atoms with van der Waals surface area (Å²) in [6.07, 6.45) is 1.07. The molecule has 2 aliphatic carbocycles. The average molecular weight is 458 g/mol. The van der Waals surface area contributed by atoms with E-state index in [-0.39, 0.29) is 31.1 Å². The van der Waals surface area contributed by atoms with Crippen LogP contribution in [-0.4, -0.2) is 108 Å². The Morgan fingerprint density at radius 1 is 1.19 bits per heavy atom. The van der Waals surface area contributed by atoms with Crippen LogP contribution in [0.3, 0.4) is 0 Å². The lowest BCUT2D eigenvalue weighted by Crippen LogP contribution is -2.53. The Hall–Kier alpha value is -1.49. The number of aliphatic hydroxyl groups excluding tert-OH is 2. The van der Waals surface area contributed by atoms with Crippen LogP contribution in [0.5, 0.6) is 0 Å². The number of alkyl halides is 1. The van der Waals surface area contributed by atoms with Gasteiger partial charge in [0.25, 0.3) is 0 Å². The van der Waals surface area contributed by atoms with Crippen molar-refractivity contribution in [2.45, 2.75) is 69.0 Å². The van der Waals surface area contributed by atoms with Crippen molar-refractivity contribution in [3.8, 4) is 0 Å². The number of cyclic esters (lactones) is 1. The lowest BCUT2D eigenvalue weighted by molar-refractivity contribution is -0.132. The second-order valence-electron chi connectivity index (χ2n) is 9.55. The van der Waals surface area contributed by atoms with Gasteiger partial charge in [0.1, 0.15) is 12.3 Å². The van der Waals surface area contributed by atoms with E-state index in [2.05, 4.69) is 10.2 Å². The molecule has 0 aromatic rings. The summed E-state index contributed by atoms with van der Waals surface area (Å²) in [6, 6.07) is -0.308. The molecular weight excluding hydrogens is 421 g/mol. The highest BCUT2D eigenvalue weighted by atomic mass is 19.1. The summed E-state index contributed by atoms with van der Waals surface area (Å²) in [7, 11) is 0. The summed E-state index contributed by atoms with van der Waals surface area (Å²) in [4.78, 5) is 28.8. The van der Waals surface area contributed by atoms with Crippen LogP contribution in [0.25, 0.3) is 0 Å². The Labute approximate surface area is 188 Å². The molecule has 2 heterocycles. The molecule has 32 heavy (non-hydrogen) atoms. The maximum Gasteiger partial charge on any atom is 0.410 e. The van der Waals surface area contributed by atoms with E-state index in [1.807, 2.05) is 0 Å². The highest BCUT2D eigenvalue weighted by molar-refractivity contribution is 5.79. The molecule has 3 N–H and O–H groups in total. The molecule has 0 spiro atoms. The predicted octanol–water partition coefficient (Wildman–Crippen LogP) is 0.284. The maximum absolute atomic E-state index is 15.0. The van der Waals surface area contributed by atoms with Crippen LogP contribution in [0.4, 0.5) is 9.18 Å². The van der Waals surface area contributed by atoms with E-state index < -0.39 is 36.3 Å². The molecule has 182 valence electrons. The van der Waals surface area contributed by atoms with Crippen molar-refractivity contribution in [3.63, 3.8) is 0 Å². The molecule has 0 aromatic heterocycles. The Morgan fingerprint density at radius 3 is 2.69 bits per heavy atom. The fourth-order valence-corrected chi connectivity index (χ4v) is 5.79. The number of halogens is 1. The van der Waals surface area contributed by atoms with Gasteiger partial charge < -0.3 is 29.9 Å². The largest absolute Gasteiger partial charge is 0.442 e. The molecule has 2 saturated carbocycles. The minimum Gasteiger partial charge on any atom is -0.442 e. The third-order valence-corrected chi connectivity index (χ3v) is 7.65. The molecule has 10 heteroatoms. The van der Waals surface area contributed by atoms with Gasteiger partial charge in [0.15, 0.2) is 0 Å². The number of nitrogens with zero attached hydrogens (tertiary/aromatic N) is 2. The maximum atomic E-state index is 15.0. The number of nitrogens with one attached hydrogen (secondary N) is 1. The first-order chi connectivity index (χ1) is 15.5. The third-order valence-electron chi connectivity index (χ3n) is 7.65. The molecule has 9 nitrogen and oxygen atoms in total. The first-order valence-corrected chi connectivity index (χ1v) is 12.0. The quantitative estimate of drug-likeness (QED) is 0.526. The summed E-state index contributed by atoms with van der Waals surface area (Å²) in [5.74, 6) is -1.14. The molecule has 2 saturated heterocycles. The molecule has 0 bridgehead atoms. The standard InChI is InChI=1S/C22H36FN3O6/c23-18-10-14(4-5-19(18)25-6-8-31-9-7-25)26-12-15(32-22(26)30)11-24-21(29)16-2-1-3-20(28)17(16)13-27/h14-20,27-28H,1-13H2,(H,24,29)/t14?,15-,16?,17?,18?,19?,20?/m0/s1. The number of rotatable bonds is 6. The smallest absolute Gasteiger partial charge is 0.410 e. The molecule has 0 radical (unpaired) electrons. The lowest BCUT2D eigenvalue weighted by atomic mass is 9.77. The number of amides is 2. The summed E-state index contributed by atoms with van der Waals surface area (Å²) in [5.41, 5.74) is 0. The Bertz CT molecular complexity index is 664. The summed E-state index contributed by atoms with van der Waals surface area (Å²) >= 11 is 0. The number of hydrogen-bond acceptors (Lipinski definition) is 7. The number of carbonyl (C=O) groups excluding carboxylic acids is 2. The van der Waals surface area contributed by atoms with E-state index in [0.29, 0.717) is 45.4 Å². The van der Waals surface area contributed by atoms with Gasteiger partial charge in [0.05, 0.1) is 32.4 Å². The third kappa shape index (κ3) is 5.18. The molecule has 7 atom stereocenters. The second-order valence-corrected chi connectivity index (χ2v) is 9.55. The van der Waals surface area contributed by atoms with Gasteiger partial charge in [-0.05, 0) is 25.7 Å². The molecule has 4 rings (SSSR count). The first-order valence-electron chi connectivity index (χ1n) is 12.0. The van der Waals surface area contributed by atoms with Gasteiger partial charge in [0.2, 0.25) is 5.91 Å². The van der Waals surface area contributed by atoms with E-state index in [1.165, 1.54) is 0 Å². The number of ether oxygens (including phenoxy) is 2. The molecule has 2 amide bonds. The zero-order chi connectivity index (χ0) is 22.7. The van der Waals surface area contributed by atoms with E-state index in [4.69, 9.17) is 9.47 Å². The van der Waals surface area contributed by atoms with Crippen molar-refractivity contribution in [2.75, 3.05) is 46.0 Å². The summed E-state index contributed by atoms with van der Waals surface area (Å²) in [5, 5.41) is 22.4. The monoisotopic (exact) mass is 457 g/mol. The van der Waals surface area contributed by atoms with E-state index in [9.17, 15) is 24.2 Å². The van der Waals surface area contributed by atoms with Crippen molar-refractivity contribution in [1.82, 2.24) is 15.1 Å². The van der Waals surface area contributed by atoms with E-state index in [1.54, 1.807) is 4.90 Å². The van der Waals surface area contributed by atoms with Gasteiger partial charge in [-0.3, -0.25) is 9.69 Å². The van der Waals surface area contributed by atoms with Crippen LogP contribution in [0, 0.1) is 11.8 Å². The Kier molecular flexibility index (Phi) is 7.86.